The Labute approximate surface area is 111 Å². The molecule has 0 bridgehead atoms. The Morgan fingerprint density at radius 2 is 2.21 bits per heavy atom. The minimum atomic E-state index is -0.384. The van der Waals surface area contributed by atoms with Crippen LogP contribution in [0.3, 0.4) is 0 Å². The van der Waals surface area contributed by atoms with Gasteiger partial charge in [0.2, 0.25) is 5.91 Å². The van der Waals surface area contributed by atoms with Crippen molar-refractivity contribution in [3.05, 3.63) is 24.0 Å². The molecular weight excluding hydrogens is 250 g/mol. The van der Waals surface area contributed by atoms with Crippen molar-refractivity contribution >= 4 is 11.8 Å². The number of likely N-dealkylation sites (N-methyl/N-ethyl adjacent to an activating group) is 1. The van der Waals surface area contributed by atoms with Gasteiger partial charge in [0.1, 0.15) is 5.75 Å². The van der Waals surface area contributed by atoms with Gasteiger partial charge in [0.25, 0.3) is 5.91 Å². The van der Waals surface area contributed by atoms with E-state index in [-0.39, 0.29) is 29.7 Å². The van der Waals surface area contributed by atoms with Crippen molar-refractivity contribution in [2.75, 3.05) is 33.9 Å². The van der Waals surface area contributed by atoms with Crippen molar-refractivity contribution in [3.8, 4) is 5.75 Å². The van der Waals surface area contributed by atoms with Crippen LogP contribution in [0.1, 0.15) is 10.4 Å². The number of hydrogen-bond donors (Lipinski definition) is 2. The molecule has 0 saturated heterocycles. The maximum atomic E-state index is 11.9. The zero-order chi connectivity index (χ0) is 14.3. The molecular formula is C12H17N3O4. The summed E-state index contributed by atoms with van der Waals surface area (Å²) in [5.41, 5.74) is 0.229. The van der Waals surface area contributed by atoms with Crippen LogP contribution in [0, 0.1) is 0 Å². The minimum absolute atomic E-state index is 0.0712. The van der Waals surface area contributed by atoms with E-state index in [2.05, 4.69) is 10.3 Å². The van der Waals surface area contributed by atoms with Gasteiger partial charge in [-0.3, -0.25) is 14.6 Å². The van der Waals surface area contributed by atoms with E-state index < -0.39 is 0 Å². The van der Waals surface area contributed by atoms with E-state index >= 15 is 0 Å². The van der Waals surface area contributed by atoms with Crippen molar-refractivity contribution in [3.63, 3.8) is 0 Å². The van der Waals surface area contributed by atoms with Gasteiger partial charge >= 0.3 is 0 Å². The van der Waals surface area contributed by atoms with E-state index in [9.17, 15) is 14.7 Å². The molecule has 2 amide bonds. The fourth-order valence-corrected chi connectivity index (χ4v) is 1.40. The van der Waals surface area contributed by atoms with Crippen molar-refractivity contribution in [2.45, 2.75) is 0 Å². The molecule has 1 aromatic heterocycles. The van der Waals surface area contributed by atoms with Gasteiger partial charge in [-0.2, -0.15) is 0 Å². The van der Waals surface area contributed by atoms with Crippen LogP contribution < -0.4 is 5.32 Å². The molecule has 104 valence electrons. The molecule has 1 rings (SSSR count). The molecule has 0 radical (unpaired) electrons. The van der Waals surface area contributed by atoms with E-state index in [0.717, 1.165) is 0 Å². The molecule has 0 fully saturated rings. The number of rotatable bonds is 6. The quantitative estimate of drug-likeness (QED) is 0.686. The number of methoxy groups -OCH3 is 1. The summed E-state index contributed by atoms with van der Waals surface area (Å²) in [6.45, 7) is 0.739. The fraction of sp³-hybridized carbons (Fsp3) is 0.417. The highest BCUT2D eigenvalue weighted by molar-refractivity contribution is 5.96. The molecule has 0 aliphatic carbocycles. The largest absolute Gasteiger partial charge is 0.506 e. The Kier molecular flexibility index (Phi) is 5.74. The maximum absolute atomic E-state index is 11.9. The van der Waals surface area contributed by atoms with Crippen LogP contribution in [0.5, 0.6) is 5.75 Å². The van der Waals surface area contributed by atoms with Crippen LogP contribution in [0.4, 0.5) is 0 Å². The third kappa shape index (κ3) is 4.92. The number of aromatic nitrogens is 1. The Bertz CT molecular complexity index is 450. The van der Waals surface area contributed by atoms with Gasteiger partial charge in [-0.1, -0.05) is 0 Å². The Balaban J connectivity index is 2.51. The second-order valence-electron chi connectivity index (χ2n) is 3.94. The van der Waals surface area contributed by atoms with Crippen molar-refractivity contribution in [1.82, 2.24) is 15.2 Å². The van der Waals surface area contributed by atoms with Gasteiger partial charge in [0.05, 0.1) is 24.9 Å². The zero-order valence-corrected chi connectivity index (χ0v) is 10.9. The summed E-state index contributed by atoms with van der Waals surface area (Å²) in [5.74, 6) is -0.755. The number of pyridine rings is 1. The third-order valence-electron chi connectivity index (χ3n) is 2.33. The number of aromatic hydroxyl groups is 1. The lowest BCUT2D eigenvalue weighted by Crippen LogP contribution is -2.39. The number of carbonyl (C=O) groups is 2. The number of ether oxygens (including phenoxy) is 1. The molecule has 0 aliphatic heterocycles. The normalized spacial score (nSPS) is 10.0. The summed E-state index contributed by atoms with van der Waals surface area (Å²) in [6.07, 6.45) is 2.57. The molecule has 0 saturated carbocycles. The van der Waals surface area contributed by atoms with Crippen molar-refractivity contribution in [1.29, 1.82) is 0 Å². The summed E-state index contributed by atoms with van der Waals surface area (Å²) in [4.78, 5) is 28.4. The average molecular weight is 267 g/mol. The maximum Gasteiger partial charge on any atom is 0.255 e. The van der Waals surface area contributed by atoms with Crippen LogP contribution in [-0.2, 0) is 9.53 Å². The van der Waals surface area contributed by atoms with Gasteiger partial charge in [0.15, 0.2) is 0 Å². The second-order valence-corrected chi connectivity index (χ2v) is 3.94. The highest BCUT2D eigenvalue weighted by Gasteiger charge is 2.15. The SMILES string of the molecule is COCCNC(=O)CN(C)C(=O)c1cncc(O)c1. The topological polar surface area (TPSA) is 91.8 Å². The molecule has 0 aliphatic rings. The van der Waals surface area contributed by atoms with E-state index in [1.54, 1.807) is 0 Å². The van der Waals surface area contributed by atoms with Crippen LogP contribution in [0.15, 0.2) is 18.5 Å². The summed E-state index contributed by atoms with van der Waals surface area (Å²) in [6, 6.07) is 1.30. The number of nitrogens with one attached hydrogen (secondary N) is 1. The van der Waals surface area contributed by atoms with Crippen molar-refractivity contribution in [2.24, 2.45) is 0 Å². The number of hydrogen-bond acceptors (Lipinski definition) is 5. The average Bonchev–Trinajstić information content (AvgIpc) is 2.38. The fourth-order valence-electron chi connectivity index (χ4n) is 1.40. The lowest BCUT2D eigenvalue weighted by Gasteiger charge is -2.16. The van der Waals surface area contributed by atoms with Gasteiger partial charge in [0, 0.05) is 26.9 Å². The molecule has 2 N–H and O–H groups in total. The number of amides is 2. The smallest absolute Gasteiger partial charge is 0.255 e. The number of nitrogens with zero attached hydrogens (tertiary/aromatic N) is 2. The second kappa shape index (κ2) is 7.32. The van der Waals surface area contributed by atoms with Gasteiger partial charge in [-0.05, 0) is 6.07 Å². The summed E-state index contributed by atoms with van der Waals surface area (Å²) in [5, 5.41) is 11.9. The Morgan fingerprint density at radius 1 is 1.47 bits per heavy atom. The molecule has 0 atom stereocenters. The molecule has 7 nitrogen and oxygen atoms in total. The monoisotopic (exact) mass is 267 g/mol. The molecule has 1 aromatic rings. The first-order valence-corrected chi connectivity index (χ1v) is 5.69. The predicted molar refractivity (Wildman–Crippen MR) is 67.7 cm³/mol. The first kappa shape index (κ1) is 14.9. The molecule has 7 heteroatoms. The molecule has 0 spiro atoms. The van der Waals surface area contributed by atoms with E-state index in [1.807, 2.05) is 0 Å². The van der Waals surface area contributed by atoms with E-state index in [0.29, 0.717) is 13.2 Å². The van der Waals surface area contributed by atoms with Gasteiger partial charge < -0.3 is 20.1 Å². The Hall–Kier alpha value is -2.15. The van der Waals surface area contributed by atoms with E-state index in [4.69, 9.17) is 4.74 Å². The zero-order valence-electron chi connectivity index (χ0n) is 10.9. The van der Waals surface area contributed by atoms with Crippen LogP contribution >= 0.6 is 0 Å². The van der Waals surface area contributed by atoms with Crippen LogP contribution in [-0.4, -0.2) is 60.7 Å². The lowest BCUT2D eigenvalue weighted by molar-refractivity contribution is -0.121. The number of carbonyl (C=O) groups excluding carboxylic acids is 2. The van der Waals surface area contributed by atoms with E-state index in [1.165, 1.54) is 37.5 Å². The van der Waals surface area contributed by atoms with Crippen LogP contribution in [0.2, 0.25) is 0 Å². The summed E-state index contributed by atoms with van der Waals surface area (Å²) >= 11 is 0. The molecule has 0 unspecified atom stereocenters. The van der Waals surface area contributed by atoms with Gasteiger partial charge in [-0.15, -0.1) is 0 Å². The summed E-state index contributed by atoms with van der Waals surface area (Å²) < 4.78 is 4.80. The lowest BCUT2D eigenvalue weighted by atomic mass is 10.2. The first-order valence-electron chi connectivity index (χ1n) is 5.69. The standard InChI is InChI=1S/C12H17N3O4/c1-15(8-11(17)14-3-4-19-2)12(18)9-5-10(16)7-13-6-9/h5-7,16H,3-4,8H2,1-2H3,(H,14,17). The highest BCUT2D eigenvalue weighted by atomic mass is 16.5. The highest BCUT2D eigenvalue weighted by Crippen LogP contribution is 2.10. The van der Waals surface area contributed by atoms with Crippen LogP contribution in [0.25, 0.3) is 0 Å². The predicted octanol–water partition coefficient (Wildman–Crippen LogP) is -0.378. The first-order chi connectivity index (χ1) is 9.04. The van der Waals surface area contributed by atoms with Crippen molar-refractivity contribution < 1.29 is 19.4 Å². The third-order valence-corrected chi connectivity index (χ3v) is 2.33. The minimum Gasteiger partial charge on any atom is -0.506 e. The molecule has 19 heavy (non-hydrogen) atoms. The molecule has 1 heterocycles. The Morgan fingerprint density at radius 3 is 2.84 bits per heavy atom. The summed E-state index contributed by atoms with van der Waals surface area (Å²) in [7, 11) is 3.04. The van der Waals surface area contributed by atoms with Gasteiger partial charge in [-0.25, -0.2) is 0 Å². The molecule has 0 aromatic carbocycles.